The number of allylic oxidation sites excluding steroid dienone is 2. The molecule has 0 saturated carbocycles. The van der Waals surface area contributed by atoms with E-state index in [0.717, 1.165) is 12.1 Å². The molecule has 0 aliphatic rings. The fourth-order valence-corrected chi connectivity index (χ4v) is 2.90. The molecule has 0 amide bonds. The van der Waals surface area contributed by atoms with Crippen molar-refractivity contribution >= 4 is 5.69 Å². The van der Waals surface area contributed by atoms with Crippen LogP contribution < -0.4 is 14.5 Å². The lowest BCUT2D eigenvalue weighted by atomic mass is 10.0. The van der Waals surface area contributed by atoms with Gasteiger partial charge in [0.2, 0.25) is 0 Å². The molecule has 0 aliphatic carbocycles. The third-order valence-corrected chi connectivity index (χ3v) is 4.42. The first-order chi connectivity index (χ1) is 14.7. The lowest BCUT2D eigenvalue weighted by Gasteiger charge is -2.24. The summed E-state index contributed by atoms with van der Waals surface area (Å²) in [6.45, 7) is 8.66. The van der Waals surface area contributed by atoms with Crippen molar-refractivity contribution in [1.82, 2.24) is 5.45 Å². The molecule has 0 fully saturated rings. The zero-order valence-electron chi connectivity index (χ0n) is 17.3. The smallest absolute Gasteiger partial charge is 0.167 e. The maximum absolute atomic E-state index is 14.7. The zero-order chi connectivity index (χ0) is 23.1. The van der Waals surface area contributed by atoms with E-state index in [-0.39, 0.29) is 28.7 Å². The fraction of sp³-hybridized carbons (Fsp3) is 0.227. The average molecular weight is 433 g/mol. The summed E-state index contributed by atoms with van der Waals surface area (Å²) >= 11 is 0. The van der Waals surface area contributed by atoms with Crippen LogP contribution in [-0.2, 0) is 6.61 Å². The van der Waals surface area contributed by atoms with Crippen molar-refractivity contribution in [3.63, 3.8) is 0 Å². The van der Waals surface area contributed by atoms with Gasteiger partial charge in [0, 0.05) is 11.9 Å². The number of halogens is 3. The van der Waals surface area contributed by atoms with Gasteiger partial charge >= 0.3 is 0 Å². The highest BCUT2D eigenvalue weighted by atomic mass is 19.2. The van der Waals surface area contributed by atoms with Gasteiger partial charge in [-0.05, 0) is 49.2 Å². The van der Waals surface area contributed by atoms with E-state index in [1.807, 2.05) is 13.8 Å². The lowest BCUT2D eigenvalue weighted by molar-refractivity contribution is -0.397. The largest absolute Gasteiger partial charge is 0.489 e. The Hall–Kier alpha value is -3.48. The van der Waals surface area contributed by atoms with E-state index in [9.17, 15) is 18.5 Å². The van der Waals surface area contributed by atoms with Gasteiger partial charge in [0.05, 0.1) is 22.9 Å². The van der Waals surface area contributed by atoms with Crippen LogP contribution in [0.15, 0.2) is 60.4 Å². The molecule has 0 bridgehead atoms. The topological polar surface area (TPSA) is 69.0 Å². The quantitative estimate of drug-likeness (QED) is 0.305. The van der Waals surface area contributed by atoms with Crippen molar-refractivity contribution in [2.45, 2.75) is 27.4 Å². The molecule has 0 heterocycles. The summed E-state index contributed by atoms with van der Waals surface area (Å²) in [6.07, 6.45) is 1.38. The van der Waals surface area contributed by atoms with Crippen LogP contribution in [0.2, 0.25) is 0 Å². The average Bonchev–Trinajstić information content (AvgIpc) is 2.69. The first kappa shape index (κ1) is 23.8. The molecule has 0 aromatic heterocycles. The number of hydrogen-bond acceptors (Lipinski definition) is 6. The van der Waals surface area contributed by atoms with Gasteiger partial charge in [-0.1, -0.05) is 24.9 Å². The maximum Gasteiger partial charge on any atom is 0.167 e. The van der Waals surface area contributed by atoms with E-state index in [0.29, 0.717) is 11.3 Å². The second-order valence-corrected chi connectivity index (χ2v) is 6.78. The minimum absolute atomic E-state index is 0.00913. The third kappa shape index (κ3) is 6.01. The highest BCUT2D eigenvalue weighted by Gasteiger charge is 2.18. The number of ether oxygens (including phenoxy) is 1. The second-order valence-electron chi connectivity index (χ2n) is 6.78. The van der Waals surface area contributed by atoms with Gasteiger partial charge in [0.1, 0.15) is 24.0 Å². The Morgan fingerprint density at radius 1 is 1.19 bits per heavy atom. The minimum Gasteiger partial charge on any atom is -0.489 e. The number of anilines is 1. The summed E-state index contributed by atoms with van der Waals surface area (Å²) in [5.74, 6) is -1.49. The number of rotatable bonds is 9. The number of nitriles is 1. The molecule has 2 rings (SSSR count). The Balaban J connectivity index is 2.23. The molecule has 0 spiro atoms. The first-order valence-corrected chi connectivity index (χ1v) is 9.24. The highest BCUT2D eigenvalue weighted by Crippen LogP contribution is 2.29. The lowest BCUT2D eigenvalue weighted by Crippen LogP contribution is -2.17. The van der Waals surface area contributed by atoms with E-state index in [4.69, 9.17) is 9.94 Å². The summed E-state index contributed by atoms with van der Waals surface area (Å²) in [5.41, 5.74) is -0.0675. The van der Waals surface area contributed by atoms with Gasteiger partial charge in [-0.2, -0.15) is 5.26 Å². The monoisotopic (exact) mass is 433 g/mol. The molecule has 0 saturated heterocycles. The molecular formula is C22H22F3N3O3. The minimum atomic E-state index is -0.952. The molecule has 0 radical (unpaired) electrons. The molecule has 2 aromatic rings. The molecule has 6 nitrogen and oxygen atoms in total. The normalized spacial score (nSPS) is 11.7. The molecule has 164 valence electrons. The Morgan fingerprint density at radius 2 is 1.74 bits per heavy atom. The van der Waals surface area contributed by atoms with Crippen molar-refractivity contribution in [3.05, 3.63) is 77.6 Å². The molecule has 2 aromatic carbocycles. The van der Waals surface area contributed by atoms with Crippen LogP contribution in [0.3, 0.4) is 0 Å². The third-order valence-electron chi connectivity index (χ3n) is 4.42. The number of nitrogens with zero attached hydrogens (tertiary/aromatic N) is 3. The standard InChI is InChI=1S/C22H22F3N3O3/c1-5-27(15(4)19(12-26)14(2)3)16-10-21(23)20(22(24)11-16)13-30-17-6-8-18(9-7-17)31-28(25)29/h5-11,14,29H,1,13H2,2-4H3/b19-15-. The predicted octanol–water partition coefficient (Wildman–Crippen LogP) is 5.82. The molecule has 0 atom stereocenters. The van der Waals surface area contributed by atoms with Crippen molar-refractivity contribution in [1.29, 1.82) is 5.26 Å². The Morgan fingerprint density at radius 3 is 2.19 bits per heavy atom. The van der Waals surface area contributed by atoms with E-state index >= 15 is 0 Å². The summed E-state index contributed by atoms with van der Waals surface area (Å²) in [7, 11) is 0. The van der Waals surface area contributed by atoms with Gasteiger partial charge in [0.15, 0.2) is 11.2 Å². The molecule has 1 N–H and O–H groups in total. The SMILES string of the molecule is C=CN(/C(C)=C(/C#N)C(C)C)c1cc(F)c(COc2ccc(ON(O)F)cc2)c(F)c1. The Labute approximate surface area is 178 Å². The molecule has 0 unspecified atom stereocenters. The summed E-state index contributed by atoms with van der Waals surface area (Å²) in [5, 5.41) is 17.7. The Bertz CT molecular complexity index is 976. The maximum atomic E-state index is 14.7. The van der Waals surface area contributed by atoms with E-state index in [1.165, 1.54) is 35.4 Å². The van der Waals surface area contributed by atoms with Gasteiger partial charge < -0.3 is 14.5 Å². The highest BCUT2D eigenvalue weighted by molar-refractivity contribution is 5.58. The molecule has 9 heteroatoms. The fourth-order valence-electron chi connectivity index (χ4n) is 2.90. The van der Waals surface area contributed by atoms with Crippen LogP contribution in [0.5, 0.6) is 11.5 Å². The summed E-state index contributed by atoms with van der Waals surface area (Å²) < 4.78 is 47.0. The molecule has 0 aliphatic heterocycles. The summed E-state index contributed by atoms with van der Waals surface area (Å²) in [4.78, 5) is 5.73. The summed E-state index contributed by atoms with van der Waals surface area (Å²) in [6, 6.07) is 9.74. The second kappa shape index (κ2) is 10.5. The van der Waals surface area contributed by atoms with Gasteiger partial charge in [-0.15, -0.1) is 0 Å². The van der Waals surface area contributed by atoms with Crippen LogP contribution in [-0.4, -0.2) is 10.7 Å². The van der Waals surface area contributed by atoms with E-state index < -0.39 is 23.7 Å². The van der Waals surface area contributed by atoms with E-state index in [1.54, 1.807) is 6.92 Å². The molecule has 31 heavy (non-hydrogen) atoms. The van der Waals surface area contributed by atoms with Crippen molar-refractivity contribution in [2.75, 3.05) is 4.90 Å². The van der Waals surface area contributed by atoms with Crippen LogP contribution >= 0.6 is 0 Å². The predicted molar refractivity (Wildman–Crippen MR) is 108 cm³/mol. The Kier molecular flexibility index (Phi) is 8.07. The van der Waals surface area contributed by atoms with Crippen LogP contribution in [0.4, 0.5) is 18.9 Å². The van der Waals surface area contributed by atoms with Crippen LogP contribution in [0.1, 0.15) is 26.3 Å². The zero-order valence-corrected chi connectivity index (χ0v) is 17.3. The van der Waals surface area contributed by atoms with E-state index in [2.05, 4.69) is 17.5 Å². The molecular weight excluding hydrogens is 411 g/mol. The van der Waals surface area contributed by atoms with Crippen LogP contribution in [0.25, 0.3) is 0 Å². The van der Waals surface area contributed by atoms with Crippen LogP contribution in [0, 0.1) is 28.9 Å². The first-order valence-electron chi connectivity index (χ1n) is 9.24. The van der Waals surface area contributed by atoms with Crippen molar-refractivity contribution in [2.24, 2.45) is 5.92 Å². The van der Waals surface area contributed by atoms with Crippen molar-refractivity contribution in [3.8, 4) is 17.6 Å². The number of hydrogen-bond donors (Lipinski definition) is 1. The van der Waals surface area contributed by atoms with Crippen molar-refractivity contribution < 1.29 is 28.0 Å². The van der Waals surface area contributed by atoms with Gasteiger partial charge in [0.25, 0.3) is 0 Å². The van der Waals surface area contributed by atoms with Gasteiger partial charge in [-0.3, -0.25) is 5.21 Å². The van der Waals surface area contributed by atoms with Gasteiger partial charge in [-0.25, -0.2) is 8.78 Å². The number of benzene rings is 2.